The van der Waals surface area contributed by atoms with E-state index >= 15 is 0 Å². The number of hydrogen-bond acceptors (Lipinski definition) is 7. The van der Waals surface area contributed by atoms with Crippen LogP contribution in [0.5, 0.6) is 11.5 Å². The molecule has 170 valence electrons. The zero-order valence-corrected chi connectivity index (χ0v) is 20.0. The third kappa shape index (κ3) is 4.02. The first kappa shape index (κ1) is 21.7. The van der Waals surface area contributed by atoms with Gasteiger partial charge >= 0.3 is 0 Å². The molecule has 0 fully saturated rings. The number of thiophene rings is 2. The molecule has 0 saturated heterocycles. The summed E-state index contributed by atoms with van der Waals surface area (Å²) in [7, 11) is 3.22. The van der Waals surface area contributed by atoms with E-state index in [0.29, 0.717) is 49.4 Å². The smallest absolute Gasteiger partial charge is 0.264 e. The number of benzene rings is 1. The van der Waals surface area contributed by atoms with Crippen molar-refractivity contribution < 1.29 is 14.3 Å². The van der Waals surface area contributed by atoms with E-state index in [4.69, 9.17) is 9.47 Å². The maximum atomic E-state index is 13.3. The first-order valence-electron chi connectivity index (χ1n) is 10.6. The fraction of sp³-hybridized carbons (Fsp3) is 0.292. The molecular weight excluding hydrogens is 458 g/mol. The van der Waals surface area contributed by atoms with Crippen LogP contribution in [0.2, 0.25) is 0 Å². The molecule has 0 spiro atoms. The summed E-state index contributed by atoms with van der Waals surface area (Å²) >= 11 is 2.97. The molecule has 7 nitrogen and oxygen atoms in total. The number of hydrogen-bond donors (Lipinski definition) is 0. The summed E-state index contributed by atoms with van der Waals surface area (Å²) in [5.41, 5.74) is 2.08. The highest BCUT2D eigenvalue weighted by Crippen LogP contribution is 2.33. The Morgan fingerprint density at radius 2 is 2.03 bits per heavy atom. The molecule has 0 N–H and O–H groups in total. The zero-order chi connectivity index (χ0) is 22.9. The second-order valence-corrected chi connectivity index (χ2v) is 9.85. The van der Waals surface area contributed by atoms with Gasteiger partial charge in [0.1, 0.15) is 4.83 Å². The lowest BCUT2D eigenvalue weighted by Gasteiger charge is -2.26. The predicted molar refractivity (Wildman–Crippen MR) is 130 cm³/mol. The number of amides is 1. The Morgan fingerprint density at radius 3 is 2.79 bits per heavy atom. The molecule has 0 unspecified atom stereocenters. The Hall–Kier alpha value is -3.17. The van der Waals surface area contributed by atoms with Crippen LogP contribution in [0.25, 0.3) is 10.2 Å². The van der Waals surface area contributed by atoms with E-state index in [9.17, 15) is 9.59 Å². The molecule has 33 heavy (non-hydrogen) atoms. The topological polar surface area (TPSA) is 73.7 Å². The predicted octanol–water partition coefficient (Wildman–Crippen LogP) is 3.98. The molecule has 0 radical (unpaired) electrons. The van der Waals surface area contributed by atoms with E-state index in [2.05, 4.69) is 4.98 Å². The average molecular weight is 482 g/mol. The standard InChI is InChI=1S/C24H23N3O4S2/c1-30-17-6-5-15(12-18(17)31-2)7-9-27-14-25-22-21(24(27)29)16-8-10-26(13-20(16)33-22)23(28)19-4-3-11-32-19/h3-6,11-12,14H,7-10,13H2,1-2H3. The molecule has 4 aromatic rings. The Balaban J connectivity index is 1.38. The lowest BCUT2D eigenvalue weighted by atomic mass is 10.1. The van der Waals surface area contributed by atoms with Crippen molar-refractivity contribution in [3.8, 4) is 11.5 Å². The van der Waals surface area contributed by atoms with E-state index in [1.54, 1.807) is 25.1 Å². The van der Waals surface area contributed by atoms with Gasteiger partial charge in [0.05, 0.1) is 37.4 Å². The van der Waals surface area contributed by atoms with Crippen LogP contribution < -0.4 is 15.0 Å². The molecule has 0 bridgehead atoms. The first-order valence-corrected chi connectivity index (χ1v) is 12.3. The minimum Gasteiger partial charge on any atom is -0.493 e. The van der Waals surface area contributed by atoms with Crippen LogP contribution in [0.3, 0.4) is 0 Å². The van der Waals surface area contributed by atoms with E-state index in [0.717, 1.165) is 25.7 Å². The van der Waals surface area contributed by atoms with Crippen LogP contribution in [-0.2, 0) is 25.9 Å². The Morgan fingerprint density at radius 1 is 1.18 bits per heavy atom. The summed E-state index contributed by atoms with van der Waals surface area (Å²) in [6, 6.07) is 9.52. The molecule has 3 aromatic heterocycles. The molecule has 0 saturated carbocycles. The molecule has 0 atom stereocenters. The fourth-order valence-corrected chi connectivity index (χ4v) is 6.08. The summed E-state index contributed by atoms with van der Waals surface area (Å²) < 4.78 is 12.4. The number of carbonyl (C=O) groups excluding carboxylic acids is 1. The number of ether oxygens (including phenoxy) is 2. The van der Waals surface area contributed by atoms with Gasteiger partial charge in [0.2, 0.25) is 0 Å². The second kappa shape index (κ2) is 8.99. The number of nitrogens with zero attached hydrogens (tertiary/aromatic N) is 3. The molecular formula is C24H23N3O4S2. The zero-order valence-electron chi connectivity index (χ0n) is 18.4. The lowest BCUT2D eigenvalue weighted by Crippen LogP contribution is -2.35. The largest absolute Gasteiger partial charge is 0.493 e. The number of aryl methyl sites for hydroxylation is 2. The maximum Gasteiger partial charge on any atom is 0.264 e. The number of fused-ring (bicyclic) bond motifs is 3. The summed E-state index contributed by atoms with van der Waals surface area (Å²) in [5, 5.41) is 2.62. The van der Waals surface area contributed by atoms with Gasteiger partial charge in [-0.1, -0.05) is 12.1 Å². The highest BCUT2D eigenvalue weighted by Gasteiger charge is 2.27. The molecule has 9 heteroatoms. The van der Waals surface area contributed by atoms with Gasteiger partial charge in [-0.3, -0.25) is 14.2 Å². The number of methoxy groups -OCH3 is 2. The molecule has 1 aliphatic heterocycles. The summed E-state index contributed by atoms with van der Waals surface area (Å²) in [5.74, 6) is 1.40. The van der Waals surface area contributed by atoms with Gasteiger partial charge in [0.25, 0.3) is 11.5 Å². The fourth-order valence-electron chi connectivity index (χ4n) is 4.19. The van der Waals surface area contributed by atoms with Gasteiger partial charge in [0, 0.05) is 18.0 Å². The molecule has 4 heterocycles. The normalized spacial score (nSPS) is 13.2. The Bertz CT molecular complexity index is 1370. The number of carbonyl (C=O) groups is 1. The first-order chi connectivity index (χ1) is 16.1. The SMILES string of the molecule is COc1ccc(CCn2cnc3sc4c(c3c2=O)CCN(C(=O)c2cccs2)C4)cc1OC. The van der Waals surface area contributed by atoms with E-state index in [1.807, 2.05) is 40.6 Å². The quantitative estimate of drug-likeness (QED) is 0.417. The third-order valence-corrected chi connectivity index (χ3v) is 7.92. The van der Waals surface area contributed by atoms with Crippen molar-refractivity contribution in [2.45, 2.75) is 25.9 Å². The van der Waals surface area contributed by atoms with Crippen LogP contribution in [0.4, 0.5) is 0 Å². The maximum absolute atomic E-state index is 13.3. The van der Waals surface area contributed by atoms with Crippen molar-refractivity contribution in [1.29, 1.82) is 0 Å². The summed E-state index contributed by atoms with van der Waals surface area (Å²) in [6.45, 7) is 1.65. The van der Waals surface area contributed by atoms with Gasteiger partial charge < -0.3 is 14.4 Å². The van der Waals surface area contributed by atoms with Gasteiger partial charge in [-0.2, -0.15) is 0 Å². The van der Waals surface area contributed by atoms with Crippen molar-refractivity contribution in [1.82, 2.24) is 14.5 Å². The van der Waals surface area contributed by atoms with Crippen molar-refractivity contribution in [3.05, 3.63) is 73.3 Å². The van der Waals surface area contributed by atoms with E-state index < -0.39 is 0 Å². The van der Waals surface area contributed by atoms with Crippen molar-refractivity contribution in [2.24, 2.45) is 0 Å². The lowest BCUT2D eigenvalue weighted by molar-refractivity contribution is 0.0742. The van der Waals surface area contributed by atoms with Gasteiger partial charge in [-0.05, 0) is 47.5 Å². The molecule has 1 aromatic carbocycles. The van der Waals surface area contributed by atoms with Crippen molar-refractivity contribution >= 4 is 38.8 Å². The van der Waals surface area contributed by atoms with E-state index in [-0.39, 0.29) is 11.5 Å². The minimum absolute atomic E-state index is 0.0176. The molecule has 5 rings (SSSR count). The van der Waals surface area contributed by atoms with Gasteiger partial charge in [0.15, 0.2) is 11.5 Å². The van der Waals surface area contributed by atoms with E-state index in [1.165, 1.54) is 22.7 Å². The monoisotopic (exact) mass is 481 g/mol. The van der Waals surface area contributed by atoms with Crippen molar-refractivity contribution in [2.75, 3.05) is 20.8 Å². The van der Waals surface area contributed by atoms with Gasteiger partial charge in [-0.25, -0.2) is 4.98 Å². The summed E-state index contributed by atoms with van der Waals surface area (Å²) in [4.78, 5) is 35.1. The van der Waals surface area contributed by atoms with Crippen LogP contribution in [-0.4, -0.2) is 41.1 Å². The van der Waals surface area contributed by atoms with Crippen LogP contribution in [0.1, 0.15) is 25.7 Å². The third-order valence-electron chi connectivity index (χ3n) is 5.94. The highest BCUT2D eigenvalue weighted by molar-refractivity contribution is 7.18. The Labute approximate surface area is 198 Å². The average Bonchev–Trinajstić information content (AvgIpc) is 3.51. The minimum atomic E-state index is -0.0176. The number of aromatic nitrogens is 2. The van der Waals surface area contributed by atoms with Crippen LogP contribution in [0.15, 0.2) is 46.8 Å². The Kier molecular flexibility index (Phi) is 5.90. The molecule has 1 amide bonds. The van der Waals surface area contributed by atoms with Gasteiger partial charge in [-0.15, -0.1) is 22.7 Å². The second-order valence-electron chi connectivity index (χ2n) is 7.82. The van der Waals surface area contributed by atoms with Crippen LogP contribution in [0, 0.1) is 0 Å². The molecule has 1 aliphatic rings. The number of rotatable bonds is 6. The van der Waals surface area contributed by atoms with Crippen molar-refractivity contribution in [3.63, 3.8) is 0 Å². The highest BCUT2D eigenvalue weighted by atomic mass is 32.1. The van der Waals surface area contributed by atoms with Crippen LogP contribution >= 0.6 is 22.7 Å². The summed E-state index contributed by atoms with van der Waals surface area (Å²) in [6.07, 6.45) is 2.97. The molecule has 0 aliphatic carbocycles.